The normalized spacial score (nSPS) is 11.0. The van der Waals surface area contributed by atoms with Gasteiger partial charge in [-0.05, 0) is 0 Å². The Kier molecular flexibility index (Phi) is 5.06. The van der Waals surface area contributed by atoms with Crippen LogP contribution in [0.1, 0.15) is 0 Å². The lowest BCUT2D eigenvalue weighted by molar-refractivity contribution is 0.256. The number of nitrogens with two attached hydrogens (primary N) is 1. The van der Waals surface area contributed by atoms with Gasteiger partial charge in [-0.3, -0.25) is 10.3 Å². The second-order valence-corrected chi connectivity index (χ2v) is 3.97. The second-order valence-electron chi connectivity index (χ2n) is 3.15. The van der Waals surface area contributed by atoms with Gasteiger partial charge in [0.05, 0.1) is 22.8 Å². The van der Waals surface area contributed by atoms with Crippen molar-refractivity contribution in [2.75, 3.05) is 19.5 Å². The SMILES string of the molecule is CN=C(N)NC(=O)Nc1c(Cl)cc(OC)cc1Cl. The first-order chi connectivity index (χ1) is 8.47. The topological polar surface area (TPSA) is 88.7 Å². The molecule has 2 amide bonds. The van der Waals surface area contributed by atoms with Gasteiger partial charge in [0.2, 0.25) is 0 Å². The number of guanidine groups is 1. The predicted molar refractivity (Wildman–Crippen MR) is 72.7 cm³/mol. The fourth-order valence-corrected chi connectivity index (χ4v) is 1.67. The van der Waals surface area contributed by atoms with E-state index < -0.39 is 6.03 Å². The number of nitrogens with zero attached hydrogens (tertiary/aromatic N) is 1. The molecular formula is C10H12Cl2N4O2. The standard InChI is InChI=1S/C10H12Cl2N4O2/c1-14-9(13)16-10(17)15-8-6(11)3-5(18-2)4-7(8)12/h3-4H,1-2H3,(H4,13,14,15,16,17). The van der Waals surface area contributed by atoms with Crippen molar-refractivity contribution in [1.29, 1.82) is 0 Å². The van der Waals surface area contributed by atoms with Crippen LogP contribution >= 0.6 is 23.2 Å². The van der Waals surface area contributed by atoms with Gasteiger partial charge in [0.1, 0.15) is 5.75 Å². The molecular weight excluding hydrogens is 279 g/mol. The van der Waals surface area contributed by atoms with E-state index in [2.05, 4.69) is 15.6 Å². The summed E-state index contributed by atoms with van der Waals surface area (Å²) >= 11 is 11.9. The van der Waals surface area contributed by atoms with Crippen LogP contribution in [-0.4, -0.2) is 26.1 Å². The molecule has 0 aliphatic carbocycles. The maximum atomic E-state index is 11.5. The Hall–Kier alpha value is -1.66. The van der Waals surface area contributed by atoms with E-state index in [0.29, 0.717) is 5.75 Å². The third-order valence-electron chi connectivity index (χ3n) is 1.97. The number of anilines is 1. The number of methoxy groups -OCH3 is 1. The maximum absolute atomic E-state index is 11.5. The van der Waals surface area contributed by atoms with E-state index in [1.54, 1.807) is 0 Å². The molecule has 0 spiro atoms. The third kappa shape index (κ3) is 3.68. The molecule has 1 aromatic carbocycles. The number of hydrogen-bond donors (Lipinski definition) is 3. The highest BCUT2D eigenvalue weighted by Gasteiger charge is 2.12. The molecule has 0 saturated heterocycles. The summed E-state index contributed by atoms with van der Waals surface area (Å²) in [6.45, 7) is 0. The van der Waals surface area contributed by atoms with Crippen molar-refractivity contribution < 1.29 is 9.53 Å². The van der Waals surface area contributed by atoms with Crippen molar-refractivity contribution >= 4 is 40.9 Å². The number of rotatable bonds is 2. The molecule has 18 heavy (non-hydrogen) atoms. The maximum Gasteiger partial charge on any atom is 0.326 e. The van der Waals surface area contributed by atoms with Gasteiger partial charge in [-0.2, -0.15) is 0 Å². The van der Waals surface area contributed by atoms with Crippen molar-refractivity contribution in [3.05, 3.63) is 22.2 Å². The van der Waals surface area contributed by atoms with Gasteiger partial charge < -0.3 is 15.8 Å². The zero-order valence-electron chi connectivity index (χ0n) is 9.75. The molecule has 0 bridgehead atoms. The zero-order chi connectivity index (χ0) is 13.7. The molecule has 0 atom stereocenters. The average molecular weight is 291 g/mol. The summed E-state index contributed by atoms with van der Waals surface area (Å²) in [6, 6.07) is 2.47. The summed E-state index contributed by atoms with van der Waals surface area (Å²) in [5, 5.41) is 5.26. The van der Waals surface area contributed by atoms with E-state index in [-0.39, 0.29) is 21.7 Å². The van der Waals surface area contributed by atoms with Crippen LogP contribution in [0.4, 0.5) is 10.5 Å². The van der Waals surface area contributed by atoms with Gasteiger partial charge in [-0.1, -0.05) is 23.2 Å². The lowest BCUT2D eigenvalue weighted by Crippen LogP contribution is -2.39. The van der Waals surface area contributed by atoms with E-state index >= 15 is 0 Å². The quantitative estimate of drug-likeness (QED) is 0.575. The Morgan fingerprint density at radius 3 is 2.39 bits per heavy atom. The molecule has 0 heterocycles. The van der Waals surface area contributed by atoms with Crippen LogP contribution in [0.3, 0.4) is 0 Å². The Balaban J connectivity index is 2.88. The molecule has 0 aliphatic heterocycles. The Morgan fingerprint density at radius 1 is 1.39 bits per heavy atom. The van der Waals surface area contributed by atoms with Crippen molar-refractivity contribution in [2.45, 2.75) is 0 Å². The van der Waals surface area contributed by atoms with E-state index in [1.807, 2.05) is 0 Å². The highest BCUT2D eigenvalue weighted by Crippen LogP contribution is 2.34. The highest BCUT2D eigenvalue weighted by atomic mass is 35.5. The van der Waals surface area contributed by atoms with Crippen LogP contribution in [0.2, 0.25) is 10.0 Å². The minimum atomic E-state index is -0.591. The Morgan fingerprint density at radius 2 is 1.94 bits per heavy atom. The Labute approximate surface area is 114 Å². The smallest absolute Gasteiger partial charge is 0.326 e. The first-order valence-electron chi connectivity index (χ1n) is 4.81. The number of halogens is 2. The molecule has 98 valence electrons. The molecule has 0 aliphatic rings. The number of aliphatic imine (C=N–C) groups is 1. The van der Waals surface area contributed by atoms with E-state index in [1.165, 1.54) is 26.3 Å². The third-order valence-corrected chi connectivity index (χ3v) is 2.57. The predicted octanol–water partition coefficient (Wildman–Crippen LogP) is 2.07. The van der Waals surface area contributed by atoms with Crippen molar-refractivity contribution in [3.8, 4) is 5.75 Å². The minimum absolute atomic E-state index is 0.0201. The van der Waals surface area contributed by atoms with Gasteiger partial charge in [0, 0.05) is 19.2 Å². The van der Waals surface area contributed by atoms with Gasteiger partial charge in [0.15, 0.2) is 5.96 Å². The van der Waals surface area contributed by atoms with Crippen LogP contribution in [0.5, 0.6) is 5.75 Å². The van der Waals surface area contributed by atoms with Crippen LogP contribution in [-0.2, 0) is 0 Å². The van der Waals surface area contributed by atoms with Crippen LogP contribution in [0.25, 0.3) is 0 Å². The largest absolute Gasteiger partial charge is 0.497 e. The highest BCUT2D eigenvalue weighted by molar-refractivity contribution is 6.40. The number of carbonyl (C=O) groups is 1. The lowest BCUT2D eigenvalue weighted by Gasteiger charge is -2.11. The first kappa shape index (κ1) is 14.4. The zero-order valence-corrected chi connectivity index (χ0v) is 11.3. The summed E-state index contributed by atoms with van der Waals surface area (Å²) in [7, 11) is 2.93. The van der Waals surface area contributed by atoms with Gasteiger partial charge in [-0.15, -0.1) is 0 Å². The number of carbonyl (C=O) groups excluding carboxylic acids is 1. The van der Waals surface area contributed by atoms with Crippen molar-refractivity contribution in [3.63, 3.8) is 0 Å². The number of hydrogen-bond acceptors (Lipinski definition) is 3. The minimum Gasteiger partial charge on any atom is -0.497 e. The molecule has 0 aromatic heterocycles. The summed E-state index contributed by atoms with van der Waals surface area (Å²) in [5.41, 5.74) is 5.61. The molecule has 8 heteroatoms. The fourth-order valence-electron chi connectivity index (χ4n) is 1.10. The molecule has 4 N–H and O–H groups in total. The van der Waals surface area contributed by atoms with E-state index in [0.717, 1.165) is 0 Å². The molecule has 0 fully saturated rings. The van der Waals surface area contributed by atoms with E-state index in [4.69, 9.17) is 33.7 Å². The van der Waals surface area contributed by atoms with Crippen LogP contribution < -0.4 is 21.1 Å². The average Bonchev–Trinajstić information content (AvgIpc) is 2.33. The van der Waals surface area contributed by atoms with Crippen molar-refractivity contribution in [1.82, 2.24) is 5.32 Å². The van der Waals surface area contributed by atoms with Crippen LogP contribution in [0.15, 0.2) is 17.1 Å². The lowest BCUT2D eigenvalue weighted by atomic mass is 10.3. The Bertz CT molecular complexity index is 468. The molecule has 6 nitrogen and oxygen atoms in total. The number of benzene rings is 1. The number of nitrogens with one attached hydrogen (secondary N) is 2. The molecule has 0 radical (unpaired) electrons. The summed E-state index contributed by atoms with van der Waals surface area (Å²) < 4.78 is 4.98. The van der Waals surface area contributed by atoms with E-state index in [9.17, 15) is 4.79 Å². The summed E-state index contributed by atoms with van der Waals surface area (Å²) in [6.07, 6.45) is 0. The monoisotopic (exact) mass is 290 g/mol. The molecule has 1 rings (SSSR count). The molecule has 0 unspecified atom stereocenters. The number of ether oxygens (including phenoxy) is 1. The summed E-state index contributed by atoms with van der Waals surface area (Å²) in [4.78, 5) is 15.1. The number of urea groups is 1. The molecule has 1 aromatic rings. The van der Waals surface area contributed by atoms with Gasteiger partial charge >= 0.3 is 6.03 Å². The fraction of sp³-hybridized carbons (Fsp3) is 0.200. The second kappa shape index (κ2) is 6.32. The van der Waals surface area contributed by atoms with Crippen molar-refractivity contribution in [2.24, 2.45) is 10.7 Å². The van der Waals surface area contributed by atoms with Crippen LogP contribution in [0, 0.1) is 0 Å². The summed E-state index contributed by atoms with van der Waals surface area (Å²) in [5.74, 6) is 0.471. The van der Waals surface area contributed by atoms with Gasteiger partial charge in [-0.25, -0.2) is 4.79 Å². The number of amides is 2. The van der Waals surface area contributed by atoms with Gasteiger partial charge in [0.25, 0.3) is 0 Å². The molecule has 0 saturated carbocycles. The first-order valence-corrected chi connectivity index (χ1v) is 5.56.